The fourth-order valence-corrected chi connectivity index (χ4v) is 0.654. The summed E-state index contributed by atoms with van der Waals surface area (Å²) in [5.41, 5.74) is 0. The van der Waals surface area contributed by atoms with Crippen LogP contribution in [0.4, 0.5) is 0 Å². The number of hydrogen-bond donors (Lipinski definition) is 0. The third kappa shape index (κ3) is 0.831. The standard InChI is InChI=1S/C6H10O2/c1-3-4(2)5-6(7)8-5/h4-5H,3H2,1-2H3. The molecule has 2 atom stereocenters. The van der Waals surface area contributed by atoms with Gasteiger partial charge in [0.05, 0.1) is 0 Å². The van der Waals surface area contributed by atoms with Gasteiger partial charge in [-0.2, -0.15) is 0 Å². The molecule has 8 heavy (non-hydrogen) atoms. The molecule has 0 saturated carbocycles. The Bertz CT molecular complexity index is 109. The number of carbonyl (C=O) groups is 1. The lowest BCUT2D eigenvalue weighted by atomic mass is 10.1. The van der Waals surface area contributed by atoms with Gasteiger partial charge in [0.15, 0.2) is 0 Å². The van der Waals surface area contributed by atoms with Gasteiger partial charge in [-0.05, 0) is 6.42 Å². The molecule has 2 unspecified atom stereocenters. The zero-order valence-corrected chi connectivity index (χ0v) is 5.18. The topological polar surface area (TPSA) is 29.6 Å². The van der Waals surface area contributed by atoms with Crippen molar-refractivity contribution in [2.45, 2.75) is 26.4 Å². The van der Waals surface area contributed by atoms with Gasteiger partial charge in [-0.15, -0.1) is 0 Å². The van der Waals surface area contributed by atoms with Gasteiger partial charge < -0.3 is 4.74 Å². The molecule has 0 amide bonds. The zero-order valence-electron chi connectivity index (χ0n) is 5.18. The van der Waals surface area contributed by atoms with Crippen LogP contribution in [0.1, 0.15) is 20.3 Å². The molecule has 1 aliphatic heterocycles. The van der Waals surface area contributed by atoms with Crippen LogP contribution in [-0.2, 0) is 9.53 Å². The Morgan fingerprint density at radius 1 is 1.88 bits per heavy atom. The summed E-state index contributed by atoms with van der Waals surface area (Å²) in [6.45, 7) is 4.08. The molecule has 1 aliphatic rings. The first-order chi connectivity index (χ1) is 3.75. The molecule has 0 aromatic rings. The van der Waals surface area contributed by atoms with Gasteiger partial charge in [-0.3, -0.25) is 0 Å². The molecule has 1 fully saturated rings. The number of cyclic esters (lactones) is 1. The Morgan fingerprint density at radius 2 is 2.38 bits per heavy atom. The third-order valence-corrected chi connectivity index (χ3v) is 1.58. The van der Waals surface area contributed by atoms with E-state index in [0.717, 1.165) is 6.42 Å². The van der Waals surface area contributed by atoms with Gasteiger partial charge in [-0.25, -0.2) is 4.79 Å². The molecular formula is C6H10O2. The van der Waals surface area contributed by atoms with E-state index in [-0.39, 0.29) is 12.1 Å². The van der Waals surface area contributed by atoms with Crippen LogP contribution in [0.25, 0.3) is 0 Å². The van der Waals surface area contributed by atoms with Crippen molar-refractivity contribution in [3.63, 3.8) is 0 Å². The van der Waals surface area contributed by atoms with Crippen molar-refractivity contribution < 1.29 is 9.53 Å². The molecule has 0 spiro atoms. The number of rotatable bonds is 2. The van der Waals surface area contributed by atoms with Gasteiger partial charge in [0.2, 0.25) is 6.10 Å². The predicted octanol–water partition coefficient (Wildman–Crippen LogP) is 0.958. The Morgan fingerprint density at radius 3 is 2.50 bits per heavy atom. The van der Waals surface area contributed by atoms with Crippen molar-refractivity contribution in [1.82, 2.24) is 0 Å². The first-order valence-electron chi connectivity index (χ1n) is 2.96. The molecule has 2 heteroatoms. The van der Waals surface area contributed by atoms with Crippen LogP contribution in [0.2, 0.25) is 0 Å². The van der Waals surface area contributed by atoms with Crippen LogP contribution in [0, 0.1) is 5.92 Å². The predicted molar refractivity (Wildman–Crippen MR) is 29.3 cm³/mol. The normalized spacial score (nSPS) is 29.2. The molecule has 0 aliphatic carbocycles. The van der Waals surface area contributed by atoms with Crippen LogP contribution >= 0.6 is 0 Å². The van der Waals surface area contributed by atoms with Gasteiger partial charge in [0.1, 0.15) is 0 Å². The van der Waals surface area contributed by atoms with Crippen molar-refractivity contribution in [3.8, 4) is 0 Å². The highest BCUT2D eigenvalue weighted by Gasteiger charge is 2.41. The fourth-order valence-electron chi connectivity index (χ4n) is 0.654. The van der Waals surface area contributed by atoms with Crippen LogP contribution in [0.5, 0.6) is 0 Å². The quantitative estimate of drug-likeness (QED) is 0.500. The van der Waals surface area contributed by atoms with Gasteiger partial charge in [0.25, 0.3) is 0 Å². The summed E-state index contributed by atoms with van der Waals surface area (Å²) in [5, 5.41) is 0. The highest BCUT2D eigenvalue weighted by molar-refractivity contribution is 5.87. The van der Waals surface area contributed by atoms with Gasteiger partial charge in [-0.1, -0.05) is 13.8 Å². The lowest BCUT2D eigenvalue weighted by Crippen LogP contribution is -2.01. The largest absolute Gasteiger partial charge is 0.447 e. The second kappa shape index (κ2) is 1.77. The van der Waals surface area contributed by atoms with Gasteiger partial charge in [0, 0.05) is 5.92 Å². The summed E-state index contributed by atoms with van der Waals surface area (Å²) in [6, 6.07) is 0. The van der Waals surface area contributed by atoms with Crippen LogP contribution in [0.15, 0.2) is 0 Å². The minimum Gasteiger partial charge on any atom is -0.447 e. The summed E-state index contributed by atoms with van der Waals surface area (Å²) in [5.74, 6) is 0.391. The van der Waals surface area contributed by atoms with Crippen molar-refractivity contribution >= 4 is 5.97 Å². The highest BCUT2D eigenvalue weighted by Crippen LogP contribution is 2.23. The smallest absolute Gasteiger partial charge is 0.348 e. The molecule has 46 valence electrons. The van der Waals surface area contributed by atoms with E-state index in [1.807, 2.05) is 6.92 Å². The van der Waals surface area contributed by atoms with E-state index in [4.69, 9.17) is 0 Å². The summed E-state index contributed by atoms with van der Waals surface area (Å²) in [7, 11) is 0. The molecule has 0 N–H and O–H groups in total. The summed E-state index contributed by atoms with van der Waals surface area (Å²) in [4.78, 5) is 10.3. The van der Waals surface area contributed by atoms with Crippen molar-refractivity contribution in [2.24, 2.45) is 5.92 Å². The van der Waals surface area contributed by atoms with E-state index >= 15 is 0 Å². The van der Waals surface area contributed by atoms with Crippen molar-refractivity contribution in [1.29, 1.82) is 0 Å². The maximum atomic E-state index is 10.3. The molecule has 1 rings (SSSR count). The van der Waals surface area contributed by atoms with E-state index in [1.54, 1.807) is 0 Å². The minimum atomic E-state index is -0.0556. The summed E-state index contributed by atoms with van der Waals surface area (Å²) >= 11 is 0. The maximum absolute atomic E-state index is 10.3. The summed E-state index contributed by atoms with van der Waals surface area (Å²) < 4.78 is 4.63. The zero-order chi connectivity index (χ0) is 6.15. The van der Waals surface area contributed by atoms with E-state index in [9.17, 15) is 4.79 Å². The molecule has 0 aromatic carbocycles. The fraction of sp³-hybridized carbons (Fsp3) is 0.833. The number of carbonyl (C=O) groups excluding carboxylic acids is 1. The maximum Gasteiger partial charge on any atom is 0.348 e. The highest BCUT2D eigenvalue weighted by atomic mass is 16.6. The average Bonchev–Trinajstić information content (AvgIpc) is 2.45. The lowest BCUT2D eigenvalue weighted by Gasteiger charge is -1.96. The molecule has 0 radical (unpaired) electrons. The Balaban J connectivity index is 2.28. The summed E-state index contributed by atoms with van der Waals surface area (Å²) in [6.07, 6.45) is 0.969. The third-order valence-electron chi connectivity index (χ3n) is 1.58. The first kappa shape index (κ1) is 5.60. The molecule has 1 heterocycles. The van der Waals surface area contributed by atoms with Crippen molar-refractivity contribution in [2.75, 3.05) is 0 Å². The van der Waals surface area contributed by atoms with Crippen LogP contribution < -0.4 is 0 Å². The van der Waals surface area contributed by atoms with E-state index in [1.165, 1.54) is 0 Å². The van der Waals surface area contributed by atoms with Crippen molar-refractivity contribution in [3.05, 3.63) is 0 Å². The van der Waals surface area contributed by atoms with E-state index in [2.05, 4.69) is 11.7 Å². The SMILES string of the molecule is CCC(C)C1OC1=O. The Labute approximate surface area is 48.8 Å². The molecule has 2 nitrogen and oxygen atoms in total. The number of hydrogen-bond acceptors (Lipinski definition) is 2. The second-order valence-corrected chi connectivity index (χ2v) is 2.24. The molecule has 0 aromatic heterocycles. The van der Waals surface area contributed by atoms with Gasteiger partial charge >= 0.3 is 5.97 Å². The monoisotopic (exact) mass is 114 g/mol. The molecule has 1 saturated heterocycles. The molecular weight excluding hydrogens is 104 g/mol. The molecule has 0 bridgehead atoms. The minimum absolute atomic E-state index is 0.0284. The van der Waals surface area contributed by atoms with E-state index < -0.39 is 0 Å². The number of epoxide rings is 1. The van der Waals surface area contributed by atoms with Crippen LogP contribution in [-0.4, -0.2) is 12.1 Å². The Kier molecular flexibility index (Phi) is 1.24. The second-order valence-electron chi connectivity index (χ2n) is 2.24. The average molecular weight is 114 g/mol. The number of ether oxygens (including phenoxy) is 1. The first-order valence-corrected chi connectivity index (χ1v) is 2.96. The van der Waals surface area contributed by atoms with Crippen LogP contribution in [0.3, 0.4) is 0 Å². The Hall–Kier alpha value is -0.530. The van der Waals surface area contributed by atoms with E-state index in [0.29, 0.717) is 5.92 Å². The lowest BCUT2D eigenvalue weighted by molar-refractivity contribution is -0.117.